The predicted octanol–water partition coefficient (Wildman–Crippen LogP) is 9.93. The van der Waals surface area contributed by atoms with E-state index in [9.17, 15) is 141 Å². The molecule has 56 heavy (non-hydrogen) atoms. The molecule has 0 radical (unpaired) electrons. The molecule has 0 amide bonds. The lowest BCUT2D eigenvalue weighted by atomic mass is 9.81. The Morgan fingerprint density at radius 1 is 0.339 bits per heavy atom. The molecule has 0 fully saturated rings. The molecule has 4 nitrogen and oxygen atoms in total. The van der Waals surface area contributed by atoms with Crippen LogP contribution < -0.4 is 0 Å². The Morgan fingerprint density at radius 2 is 0.500 bits per heavy atom. The number of carbonyl (C=O) groups excluding carboxylic acids is 2. The summed E-state index contributed by atoms with van der Waals surface area (Å²) >= 11 is 0. The standard InChI is InChI=1S/C22H8F30O4/c1-3-5(53)55-7(9(23,19(41,42)43)20(44,45)46)11(25,26)13(29,30)15(33,34)17(37,38)18(39,40)16(35,36)14(31,32)12(27,28)8(56-6(54)4-2)10(24,21(47,48)49)22(50,51)52/h3-4,7-8H,1-2H2. The van der Waals surface area contributed by atoms with Crippen molar-refractivity contribution >= 4 is 11.9 Å². The smallest absolute Gasteiger partial charge is 0.435 e. The van der Waals surface area contributed by atoms with Crippen LogP contribution in [0.1, 0.15) is 0 Å². The summed E-state index contributed by atoms with van der Waals surface area (Å²) in [6, 6.07) is 0. The summed E-state index contributed by atoms with van der Waals surface area (Å²) in [5, 5.41) is 0. The van der Waals surface area contributed by atoms with Gasteiger partial charge >= 0.3 is 95.4 Å². The fraction of sp³-hybridized carbons (Fsp3) is 0.727. The molecular formula is C22H8F30O4. The van der Waals surface area contributed by atoms with Crippen molar-refractivity contribution in [2.45, 2.75) is 95.6 Å². The molecule has 0 spiro atoms. The number of alkyl halides is 30. The Hall–Kier alpha value is -3.68. The van der Waals surface area contributed by atoms with E-state index in [4.69, 9.17) is 0 Å². The number of ether oxygens (including phenoxy) is 2. The maximum atomic E-state index is 14.5. The monoisotopic (exact) mass is 906 g/mol. The van der Waals surface area contributed by atoms with Crippen LogP contribution in [-0.4, -0.2) is 108 Å². The summed E-state index contributed by atoms with van der Waals surface area (Å²) in [5.41, 5.74) is -17.0. The van der Waals surface area contributed by atoms with Gasteiger partial charge in [0.15, 0.2) is 0 Å². The lowest BCUT2D eigenvalue weighted by molar-refractivity contribution is -0.471. The Bertz CT molecular complexity index is 1340. The average molecular weight is 906 g/mol. The first-order valence-electron chi connectivity index (χ1n) is 12.3. The molecule has 0 bridgehead atoms. The van der Waals surface area contributed by atoms with Gasteiger partial charge in [0.25, 0.3) is 0 Å². The van der Waals surface area contributed by atoms with Crippen molar-refractivity contribution in [1.29, 1.82) is 0 Å². The third kappa shape index (κ3) is 7.10. The molecule has 330 valence electrons. The maximum Gasteiger partial charge on any atom is 0.435 e. The van der Waals surface area contributed by atoms with Gasteiger partial charge in [-0.2, -0.15) is 123 Å². The zero-order valence-corrected chi connectivity index (χ0v) is 24.7. The van der Waals surface area contributed by atoms with Crippen LogP contribution in [0.3, 0.4) is 0 Å². The lowest BCUT2D eigenvalue weighted by Gasteiger charge is -2.47. The van der Waals surface area contributed by atoms with Gasteiger partial charge in [-0.15, -0.1) is 0 Å². The Balaban J connectivity index is 8.23. The zero-order valence-electron chi connectivity index (χ0n) is 24.7. The van der Waals surface area contributed by atoms with E-state index in [0.29, 0.717) is 0 Å². The fourth-order valence-corrected chi connectivity index (χ4v) is 3.59. The number of carbonyl (C=O) groups is 2. The second kappa shape index (κ2) is 14.0. The molecule has 0 aliphatic rings. The lowest BCUT2D eigenvalue weighted by Crippen LogP contribution is -2.79. The van der Waals surface area contributed by atoms with E-state index in [1.165, 1.54) is 0 Å². The molecular weight excluding hydrogens is 898 g/mol. The summed E-state index contributed by atoms with van der Waals surface area (Å²) in [5.74, 6) is -84.3. The molecule has 0 aromatic carbocycles. The van der Waals surface area contributed by atoms with Gasteiger partial charge in [-0.25, -0.2) is 18.4 Å². The van der Waals surface area contributed by atoms with Gasteiger partial charge in [0.2, 0.25) is 12.2 Å². The molecule has 2 atom stereocenters. The quantitative estimate of drug-likeness (QED) is 0.0934. The fourth-order valence-electron chi connectivity index (χ4n) is 3.59. The van der Waals surface area contributed by atoms with Crippen molar-refractivity contribution in [3.63, 3.8) is 0 Å². The van der Waals surface area contributed by atoms with Crippen LogP contribution in [0.25, 0.3) is 0 Å². The minimum Gasteiger partial charge on any atom is -0.448 e. The van der Waals surface area contributed by atoms with Crippen LogP contribution in [0.5, 0.6) is 0 Å². The first-order valence-corrected chi connectivity index (χ1v) is 12.3. The van der Waals surface area contributed by atoms with Crippen molar-refractivity contribution < 1.29 is 151 Å². The van der Waals surface area contributed by atoms with Crippen LogP contribution in [-0.2, 0) is 19.1 Å². The highest BCUT2D eigenvalue weighted by atomic mass is 19.4. The summed E-state index contributed by atoms with van der Waals surface area (Å²) < 4.78 is 420. The summed E-state index contributed by atoms with van der Waals surface area (Å²) in [6.45, 7) is 3.95. The van der Waals surface area contributed by atoms with Crippen molar-refractivity contribution in [2.24, 2.45) is 0 Å². The molecule has 0 N–H and O–H groups in total. The highest BCUT2D eigenvalue weighted by Gasteiger charge is 2.99. The third-order valence-corrected chi connectivity index (χ3v) is 6.64. The van der Waals surface area contributed by atoms with Gasteiger partial charge in [-0.05, 0) is 0 Å². The van der Waals surface area contributed by atoms with Gasteiger partial charge < -0.3 is 9.47 Å². The molecule has 0 saturated heterocycles. The summed E-state index contributed by atoms with van der Waals surface area (Å²) in [7, 11) is 0. The largest absolute Gasteiger partial charge is 0.448 e. The van der Waals surface area contributed by atoms with Crippen LogP contribution in [0.15, 0.2) is 25.3 Å². The topological polar surface area (TPSA) is 52.6 Å². The number of hydrogen-bond donors (Lipinski definition) is 0. The SMILES string of the molecule is C=CC(=O)OC(C(F)(F)C(F)(F)C(F)(F)C(F)(F)C(F)(F)C(F)(F)C(F)(F)C(F)(F)C(OC(=O)C=C)C(F)(C(F)(F)F)C(F)(F)F)C(F)(C(F)(F)F)C(F)(F)F. The Kier molecular flexibility index (Phi) is 13.1. The molecule has 0 rings (SSSR count). The van der Waals surface area contributed by atoms with Crippen LogP contribution in [0, 0.1) is 0 Å². The van der Waals surface area contributed by atoms with E-state index in [0.717, 1.165) is 0 Å². The molecule has 0 aromatic rings. The summed E-state index contributed by atoms with van der Waals surface area (Å²) in [4.78, 5) is 22.1. The van der Waals surface area contributed by atoms with E-state index < -0.39 is 120 Å². The van der Waals surface area contributed by atoms with E-state index in [2.05, 4.69) is 9.47 Å². The van der Waals surface area contributed by atoms with Crippen LogP contribution in [0.4, 0.5) is 132 Å². The molecule has 0 aliphatic heterocycles. The van der Waals surface area contributed by atoms with Gasteiger partial charge in [0.05, 0.1) is 0 Å². The molecule has 2 unspecified atom stereocenters. The van der Waals surface area contributed by atoms with E-state index in [-0.39, 0.29) is 0 Å². The van der Waals surface area contributed by atoms with Gasteiger partial charge in [-0.3, -0.25) is 0 Å². The maximum absolute atomic E-state index is 14.5. The second-order valence-corrected chi connectivity index (χ2v) is 10.1. The van der Waals surface area contributed by atoms with Crippen molar-refractivity contribution in [3.05, 3.63) is 25.3 Å². The van der Waals surface area contributed by atoms with Crippen LogP contribution in [0.2, 0.25) is 0 Å². The minimum absolute atomic E-state index is 1.04. The molecule has 0 saturated carbocycles. The Morgan fingerprint density at radius 3 is 0.643 bits per heavy atom. The zero-order chi connectivity index (χ0) is 46.1. The highest BCUT2D eigenvalue weighted by molar-refractivity contribution is 5.82. The average Bonchev–Trinajstić information content (AvgIpc) is 2.98. The van der Waals surface area contributed by atoms with Gasteiger partial charge in [-0.1, -0.05) is 13.2 Å². The van der Waals surface area contributed by atoms with Gasteiger partial charge in [0, 0.05) is 12.2 Å². The number of halogens is 30. The predicted molar refractivity (Wildman–Crippen MR) is 112 cm³/mol. The molecule has 0 aliphatic carbocycles. The highest BCUT2D eigenvalue weighted by Crippen LogP contribution is 2.67. The number of esters is 2. The van der Waals surface area contributed by atoms with E-state index in [1.54, 1.807) is 0 Å². The third-order valence-electron chi connectivity index (χ3n) is 6.64. The van der Waals surface area contributed by atoms with Crippen LogP contribution >= 0.6 is 0 Å². The number of hydrogen-bond acceptors (Lipinski definition) is 4. The Labute approximate surface area is 285 Å². The van der Waals surface area contributed by atoms with Crippen molar-refractivity contribution in [3.8, 4) is 0 Å². The van der Waals surface area contributed by atoms with Gasteiger partial charge in [0.1, 0.15) is 0 Å². The van der Waals surface area contributed by atoms with E-state index >= 15 is 0 Å². The minimum atomic E-state index is -9.99. The number of rotatable bonds is 15. The summed E-state index contributed by atoms with van der Waals surface area (Å²) in [6.07, 6.45) is -50.0. The van der Waals surface area contributed by atoms with Crippen molar-refractivity contribution in [2.75, 3.05) is 0 Å². The second-order valence-electron chi connectivity index (χ2n) is 10.1. The first kappa shape index (κ1) is 52.3. The van der Waals surface area contributed by atoms with Crippen molar-refractivity contribution in [1.82, 2.24) is 0 Å². The van der Waals surface area contributed by atoms with E-state index in [1.807, 2.05) is 13.2 Å². The molecule has 0 heterocycles. The normalized spacial score (nSPS) is 16.9. The molecule has 0 aromatic heterocycles. The first-order chi connectivity index (χ1) is 23.9. The molecule has 34 heteroatoms.